The van der Waals surface area contributed by atoms with Gasteiger partial charge in [0.1, 0.15) is 5.78 Å². The Morgan fingerprint density at radius 1 is 0.846 bits per heavy atom. The minimum Gasteiger partial charge on any atom is -0.382 e. The van der Waals surface area contributed by atoms with Crippen molar-refractivity contribution in [2.45, 2.75) is 58.3 Å². The number of unbranched alkanes of at least 4 members (excludes halogenated alkanes) is 1. The van der Waals surface area contributed by atoms with Gasteiger partial charge < -0.3 is 30.0 Å². The van der Waals surface area contributed by atoms with Gasteiger partial charge in [-0.25, -0.2) is 0 Å². The minimum atomic E-state index is -0.561. The second-order valence-electron chi connectivity index (χ2n) is 9.60. The van der Waals surface area contributed by atoms with Gasteiger partial charge in [-0.05, 0) is 57.6 Å². The van der Waals surface area contributed by atoms with E-state index >= 15 is 0 Å². The molecule has 0 fully saturated rings. The van der Waals surface area contributed by atoms with Crippen molar-refractivity contribution >= 4 is 17.5 Å². The maximum atomic E-state index is 13.4. The number of methoxy groups -OCH3 is 1. The number of carbonyl (C=O) groups excluding carboxylic acids is 3. The first-order valence-corrected chi connectivity index (χ1v) is 14.3. The van der Waals surface area contributed by atoms with Crippen LogP contribution in [0.4, 0.5) is 0 Å². The van der Waals surface area contributed by atoms with Crippen LogP contribution in [0.5, 0.6) is 0 Å². The van der Waals surface area contributed by atoms with E-state index in [0.717, 1.165) is 18.4 Å². The van der Waals surface area contributed by atoms with Crippen LogP contribution in [0, 0.1) is 11.8 Å². The zero-order valence-corrected chi connectivity index (χ0v) is 24.0. The maximum absolute atomic E-state index is 13.4. The first-order valence-electron chi connectivity index (χ1n) is 14.3. The molecule has 0 saturated carbocycles. The molecule has 0 spiro atoms. The molecule has 0 aliphatic carbocycles. The number of Topliss-reactive ketones (excluding diaryl/α,β-unsaturated/α-hetero) is 2. The predicted octanol–water partition coefficient (Wildman–Crippen LogP) is 3.12. The Kier molecular flexibility index (Phi) is 21.2. The lowest BCUT2D eigenvalue weighted by Gasteiger charge is -2.21. The number of hydrogen-bond donors (Lipinski definition) is 2. The van der Waals surface area contributed by atoms with Gasteiger partial charge in [0, 0.05) is 64.8 Å². The third-order valence-corrected chi connectivity index (χ3v) is 6.40. The van der Waals surface area contributed by atoms with Gasteiger partial charge in [0.05, 0.1) is 19.8 Å². The quantitative estimate of drug-likeness (QED) is 0.169. The Hall–Kier alpha value is -2.17. The summed E-state index contributed by atoms with van der Waals surface area (Å²) in [6.45, 7) is 6.21. The van der Waals surface area contributed by atoms with Crippen molar-refractivity contribution in [1.82, 2.24) is 5.32 Å². The molecule has 0 aliphatic rings. The van der Waals surface area contributed by atoms with Crippen molar-refractivity contribution in [3.63, 3.8) is 0 Å². The molecule has 1 aromatic carbocycles. The summed E-state index contributed by atoms with van der Waals surface area (Å²) in [7, 11) is 1.62. The van der Waals surface area contributed by atoms with Gasteiger partial charge in [-0.2, -0.15) is 0 Å². The average Bonchev–Trinajstić information content (AvgIpc) is 2.94. The van der Waals surface area contributed by atoms with Crippen LogP contribution in [-0.4, -0.2) is 83.9 Å². The first-order chi connectivity index (χ1) is 19.0. The largest absolute Gasteiger partial charge is 0.382 e. The van der Waals surface area contributed by atoms with Crippen molar-refractivity contribution < 1.29 is 33.3 Å². The Morgan fingerprint density at radius 3 is 2.23 bits per heavy atom. The molecule has 0 saturated heterocycles. The zero-order chi connectivity index (χ0) is 28.6. The Bertz CT molecular complexity index is 776. The molecule has 3 N–H and O–H groups in total. The van der Waals surface area contributed by atoms with E-state index in [1.54, 1.807) is 7.11 Å². The Balaban J connectivity index is 2.68. The van der Waals surface area contributed by atoms with E-state index in [4.69, 9.17) is 24.7 Å². The van der Waals surface area contributed by atoms with Crippen LogP contribution < -0.4 is 11.1 Å². The van der Waals surface area contributed by atoms with E-state index in [1.165, 1.54) is 0 Å². The van der Waals surface area contributed by atoms with Crippen molar-refractivity contribution in [3.05, 3.63) is 35.9 Å². The van der Waals surface area contributed by atoms with Crippen molar-refractivity contribution in [3.8, 4) is 0 Å². The van der Waals surface area contributed by atoms with E-state index < -0.39 is 5.92 Å². The monoisotopic (exact) mass is 550 g/mol. The molecule has 9 nitrogen and oxygen atoms in total. The molecule has 0 aromatic heterocycles. The van der Waals surface area contributed by atoms with Gasteiger partial charge in [-0.15, -0.1) is 0 Å². The number of ketones is 2. The molecule has 0 aliphatic heterocycles. The van der Waals surface area contributed by atoms with Crippen molar-refractivity contribution in [2.75, 3.05) is 66.4 Å². The van der Waals surface area contributed by atoms with Gasteiger partial charge in [0.25, 0.3) is 0 Å². The van der Waals surface area contributed by atoms with Crippen molar-refractivity contribution in [1.29, 1.82) is 0 Å². The fraction of sp³-hybridized carbons (Fsp3) is 0.700. The van der Waals surface area contributed by atoms with Gasteiger partial charge in [-0.1, -0.05) is 30.3 Å². The summed E-state index contributed by atoms with van der Waals surface area (Å²) in [5.74, 6) is -1.10. The SMILES string of the molecule is CCOCCC(CCOCCCN)C(=O)CC(Cc1ccccc1)C(=O)NCC(=O)CCCCOCCOC. The molecule has 1 amide bonds. The van der Waals surface area contributed by atoms with Crippen LogP contribution in [0.1, 0.15) is 57.4 Å². The highest BCUT2D eigenvalue weighted by Gasteiger charge is 2.27. The van der Waals surface area contributed by atoms with Crippen LogP contribution in [-0.2, 0) is 39.8 Å². The summed E-state index contributed by atoms with van der Waals surface area (Å²) in [6, 6.07) is 9.64. The first kappa shape index (κ1) is 34.9. The maximum Gasteiger partial charge on any atom is 0.224 e. The van der Waals surface area contributed by atoms with Crippen LogP contribution in [0.15, 0.2) is 30.3 Å². The third kappa shape index (κ3) is 17.9. The Morgan fingerprint density at radius 2 is 1.54 bits per heavy atom. The third-order valence-electron chi connectivity index (χ3n) is 6.40. The molecule has 39 heavy (non-hydrogen) atoms. The molecule has 1 aromatic rings. The fourth-order valence-corrected chi connectivity index (χ4v) is 4.10. The van der Waals surface area contributed by atoms with Gasteiger partial charge in [-0.3, -0.25) is 14.4 Å². The number of benzene rings is 1. The molecule has 9 heteroatoms. The average molecular weight is 551 g/mol. The lowest BCUT2D eigenvalue weighted by atomic mass is 9.86. The number of ether oxygens (including phenoxy) is 4. The summed E-state index contributed by atoms with van der Waals surface area (Å²) < 4.78 is 21.5. The van der Waals surface area contributed by atoms with E-state index in [1.807, 2.05) is 37.3 Å². The number of nitrogens with two attached hydrogens (primary N) is 1. The Labute approximate surface area is 234 Å². The highest BCUT2D eigenvalue weighted by atomic mass is 16.5. The number of nitrogens with one attached hydrogen (secondary N) is 1. The number of rotatable bonds is 26. The smallest absolute Gasteiger partial charge is 0.224 e. The summed E-state index contributed by atoms with van der Waals surface area (Å²) in [5.41, 5.74) is 6.50. The van der Waals surface area contributed by atoms with Gasteiger partial charge >= 0.3 is 0 Å². The highest BCUT2D eigenvalue weighted by Crippen LogP contribution is 2.20. The minimum absolute atomic E-state index is 0.0213. The molecule has 0 bridgehead atoms. The summed E-state index contributed by atoms with van der Waals surface area (Å²) in [4.78, 5) is 38.9. The summed E-state index contributed by atoms with van der Waals surface area (Å²) in [5, 5.41) is 2.78. The van der Waals surface area contributed by atoms with E-state index in [9.17, 15) is 14.4 Å². The standard InChI is InChI=1S/C30H50N2O7/c1-3-37-18-13-26(14-19-38-17-9-15-31)29(34)23-27(22-25-10-5-4-6-11-25)30(35)32-24-28(33)12-7-8-16-39-21-20-36-2/h4-6,10-11,26-27H,3,7-9,12-24,31H2,1-2H3,(H,32,35). The molecule has 2 atom stereocenters. The number of carbonyl (C=O) groups is 3. The lowest BCUT2D eigenvalue weighted by molar-refractivity contribution is -0.132. The lowest BCUT2D eigenvalue weighted by Crippen LogP contribution is -2.37. The van der Waals surface area contributed by atoms with E-state index in [0.29, 0.717) is 84.9 Å². The molecule has 0 radical (unpaired) electrons. The molecule has 0 heterocycles. The molecular formula is C30H50N2O7. The molecular weight excluding hydrogens is 500 g/mol. The van der Waals surface area contributed by atoms with Crippen LogP contribution in [0.2, 0.25) is 0 Å². The van der Waals surface area contributed by atoms with Gasteiger partial charge in [0.15, 0.2) is 5.78 Å². The van der Waals surface area contributed by atoms with Crippen LogP contribution in [0.25, 0.3) is 0 Å². The number of hydrogen-bond acceptors (Lipinski definition) is 8. The van der Waals surface area contributed by atoms with Gasteiger partial charge in [0.2, 0.25) is 5.91 Å². The zero-order valence-electron chi connectivity index (χ0n) is 24.0. The van der Waals surface area contributed by atoms with E-state index in [-0.39, 0.29) is 36.4 Å². The normalized spacial score (nSPS) is 12.7. The predicted molar refractivity (Wildman–Crippen MR) is 152 cm³/mol. The number of amides is 1. The summed E-state index contributed by atoms with van der Waals surface area (Å²) in [6.07, 6.45) is 4.31. The molecule has 2 unspecified atom stereocenters. The topological polar surface area (TPSA) is 126 Å². The van der Waals surface area contributed by atoms with E-state index in [2.05, 4.69) is 5.32 Å². The fourth-order valence-electron chi connectivity index (χ4n) is 4.10. The molecule has 1 rings (SSSR count). The highest BCUT2D eigenvalue weighted by molar-refractivity contribution is 5.90. The van der Waals surface area contributed by atoms with Crippen LogP contribution >= 0.6 is 0 Å². The second kappa shape index (κ2) is 23.7. The van der Waals surface area contributed by atoms with Crippen molar-refractivity contribution in [2.24, 2.45) is 17.6 Å². The van der Waals surface area contributed by atoms with Crippen LogP contribution in [0.3, 0.4) is 0 Å². The summed E-state index contributed by atoms with van der Waals surface area (Å²) >= 11 is 0. The molecule has 222 valence electrons. The second-order valence-corrected chi connectivity index (χ2v) is 9.60.